The van der Waals surface area contributed by atoms with Crippen molar-refractivity contribution in [1.82, 2.24) is 0 Å². The highest BCUT2D eigenvalue weighted by Crippen LogP contribution is 2.35. The zero-order chi connectivity index (χ0) is 27.2. The monoisotopic (exact) mass is 496 g/mol. The molecule has 0 amide bonds. The fraction of sp³-hybridized carbons (Fsp3) is 0.139. The SMILES string of the molecule is CC.CCc1cccc(C#N)c1.Cc1ccc(N(c2ccccc2)c2ccc(-c3ccccc3)cc2)cc1. The van der Waals surface area contributed by atoms with Crippen LogP contribution >= 0.6 is 0 Å². The van der Waals surface area contributed by atoms with Crippen LogP contribution in [0.2, 0.25) is 0 Å². The summed E-state index contributed by atoms with van der Waals surface area (Å²) in [5.74, 6) is 0. The first-order valence-electron chi connectivity index (χ1n) is 13.2. The van der Waals surface area contributed by atoms with Gasteiger partial charge < -0.3 is 4.90 Å². The third-order valence-corrected chi connectivity index (χ3v) is 6.00. The van der Waals surface area contributed by atoms with Crippen molar-refractivity contribution in [3.63, 3.8) is 0 Å². The summed E-state index contributed by atoms with van der Waals surface area (Å²) in [6.45, 7) is 8.20. The van der Waals surface area contributed by atoms with Gasteiger partial charge in [-0.05, 0) is 78.6 Å². The number of anilines is 3. The Hall–Kier alpha value is -4.61. The number of rotatable bonds is 5. The summed E-state index contributed by atoms with van der Waals surface area (Å²) in [5, 5.41) is 8.51. The van der Waals surface area contributed by atoms with Crippen molar-refractivity contribution >= 4 is 17.1 Å². The minimum absolute atomic E-state index is 0.749. The molecule has 0 radical (unpaired) electrons. The molecule has 0 saturated carbocycles. The molecule has 0 aliphatic heterocycles. The van der Waals surface area contributed by atoms with Gasteiger partial charge in [-0.2, -0.15) is 5.26 Å². The van der Waals surface area contributed by atoms with Gasteiger partial charge in [-0.1, -0.05) is 111 Å². The van der Waals surface area contributed by atoms with Crippen molar-refractivity contribution in [2.24, 2.45) is 0 Å². The first-order valence-corrected chi connectivity index (χ1v) is 13.2. The maximum absolute atomic E-state index is 8.51. The molecule has 0 unspecified atom stereocenters. The maximum Gasteiger partial charge on any atom is 0.0991 e. The molecule has 0 bridgehead atoms. The summed E-state index contributed by atoms with van der Waals surface area (Å²) >= 11 is 0. The van der Waals surface area contributed by atoms with E-state index in [9.17, 15) is 0 Å². The molecule has 190 valence electrons. The number of hydrogen-bond donors (Lipinski definition) is 0. The van der Waals surface area contributed by atoms with E-state index in [0.717, 1.165) is 29.0 Å². The summed E-state index contributed by atoms with van der Waals surface area (Å²) in [4.78, 5) is 2.29. The molecule has 0 saturated heterocycles. The van der Waals surface area contributed by atoms with Crippen molar-refractivity contribution in [2.75, 3.05) is 4.90 Å². The fourth-order valence-corrected chi connectivity index (χ4v) is 4.01. The molecule has 0 fully saturated rings. The van der Waals surface area contributed by atoms with Gasteiger partial charge in [0.05, 0.1) is 11.6 Å². The smallest absolute Gasteiger partial charge is 0.0991 e. The topological polar surface area (TPSA) is 27.0 Å². The van der Waals surface area contributed by atoms with Crippen molar-refractivity contribution in [3.05, 3.63) is 150 Å². The normalized spacial score (nSPS) is 9.66. The van der Waals surface area contributed by atoms with Crippen LogP contribution < -0.4 is 4.90 Å². The Bertz CT molecular complexity index is 1400. The molecule has 38 heavy (non-hydrogen) atoms. The van der Waals surface area contributed by atoms with Crippen molar-refractivity contribution < 1.29 is 0 Å². The van der Waals surface area contributed by atoms with Gasteiger partial charge >= 0.3 is 0 Å². The number of benzene rings is 5. The zero-order valence-electron chi connectivity index (χ0n) is 22.8. The second-order valence-electron chi connectivity index (χ2n) is 8.59. The lowest BCUT2D eigenvalue weighted by atomic mass is 10.0. The summed E-state index contributed by atoms with van der Waals surface area (Å²) in [5.41, 5.74) is 9.17. The molecule has 0 N–H and O–H groups in total. The second kappa shape index (κ2) is 14.8. The van der Waals surface area contributed by atoms with Crippen LogP contribution in [0.1, 0.15) is 37.5 Å². The van der Waals surface area contributed by atoms with E-state index in [1.807, 2.05) is 44.2 Å². The molecule has 5 rings (SSSR count). The molecule has 5 aromatic rings. The summed E-state index contributed by atoms with van der Waals surface area (Å²) in [7, 11) is 0. The molecule has 0 aliphatic rings. The van der Waals surface area contributed by atoms with E-state index < -0.39 is 0 Å². The molecular weight excluding hydrogens is 460 g/mol. The third-order valence-electron chi connectivity index (χ3n) is 6.00. The van der Waals surface area contributed by atoms with Crippen molar-refractivity contribution in [3.8, 4) is 17.2 Å². The molecule has 0 aliphatic carbocycles. The Morgan fingerprint density at radius 3 is 1.63 bits per heavy atom. The largest absolute Gasteiger partial charge is 0.311 e. The van der Waals surface area contributed by atoms with Crippen molar-refractivity contribution in [2.45, 2.75) is 34.1 Å². The molecule has 0 aromatic heterocycles. The van der Waals surface area contributed by atoms with E-state index in [4.69, 9.17) is 5.26 Å². The van der Waals surface area contributed by atoms with Crippen LogP contribution in [-0.2, 0) is 6.42 Å². The van der Waals surface area contributed by atoms with Crippen molar-refractivity contribution in [1.29, 1.82) is 5.26 Å². The minimum Gasteiger partial charge on any atom is -0.311 e. The van der Waals surface area contributed by atoms with Gasteiger partial charge in [0.25, 0.3) is 0 Å². The van der Waals surface area contributed by atoms with Crippen LogP contribution in [0.5, 0.6) is 0 Å². The number of hydrogen-bond acceptors (Lipinski definition) is 2. The number of aryl methyl sites for hydroxylation is 2. The summed E-state index contributed by atoms with van der Waals surface area (Å²) < 4.78 is 0. The first-order chi connectivity index (χ1) is 18.7. The highest BCUT2D eigenvalue weighted by molar-refractivity contribution is 5.78. The molecular formula is C36H36N2. The number of para-hydroxylation sites is 1. The Morgan fingerprint density at radius 1 is 0.579 bits per heavy atom. The average Bonchev–Trinajstić information content (AvgIpc) is 3.01. The lowest BCUT2D eigenvalue weighted by molar-refractivity contribution is 1.14. The third kappa shape index (κ3) is 7.69. The number of nitriles is 1. The Morgan fingerprint density at radius 2 is 1.08 bits per heavy atom. The van der Waals surface area contributed by atoms with Gasteiger partial charge in [0.15, 0.2) is 0 Å². The van der Waals surface area contributed by atoms with E-state index in [1.54, 1.807) is 0 Å². The molecule has 2 nitrogen and oxygen atoms in total. The average molecular weight is 497 g/mol. The van der Waals surface area contributed by atoms with Gasteiger partial charge in [0.2, 0.25) is 0 Å². The van der Waals surface area contributed by atoms with Gasteiger partial charge in [-0.3, -0.25) is 0 Å². The minimum atomic E-state index is 0.749. The van der Waals surface area contributed by atoms with Gasteiger partial charge in [0.1, 0.15) is 0 Å². The van der Waals surface area contributed by atoms with Gasteiger partial charge in [-0.25, -0.2) is 0 Å². The Kier molecular flexibility index (Phi) is 10.9. The van der Waals surface area contributed by atoms with E-state index in [0.29, 0.717) is 0 Å². The molecule has 2 heteroatoms. The van der Waals surface area contributed by atoms with E-state index in [1.165, 1.54) is 22.3 Å². The predicted octanol–water partition coefficient (Wildman–Crippen LogP) is 10.3. The lowest BCUT2D eigenvalue weighted by Gasteiger charge is -2.25. The Labute approximate surface area is 228 Å². The molecule has 0 atom stereocenters. The predicted molar refractivity (Wildman–Crippen MR) is 163 cm³/mol. The summed E-state index contributed by atoms with van der Waals surface area (Å²) in [6, 6.07) is 48.2. The highest BCUT2D eigenvalue weighted by Gasteiger charge is 2.12. The fourth-order valence-electron chi connectivity index (χ4n) is 4.01. The van der Waals surface area contributed by atoms with Crippen LogP contribution in [0, 0.1) is 18.3 Å². The zero-order valence-corrected chi connectivity index (χ0v) is 22.8. The van der Waals surface area contributed by atoms with Crippen LogP contribution in [-0.4, -0.2) is 0 Å². The molecule has 0 spiro atoms. The highest BCUT2D eigenvalue weighted by atomic mass is 15.1. The van der Waals surface area contributed by atoms with Crippen LogP contribution in [0.4, 0.5) is 17.1 Å². The van der Waals surface area contributed by atoms with Crippen LogP contribution in [0.3, 0.4) is 0 Å². The standard InChI is InChI=1S/C25H21N.C9H9N.C2H6/c1-20-12-16-24(17-13-20)26(23-10-6-3-7-11-23)25-18-14-22(15-19-25)21-8-4-2-5-9-21;1-2-8-4-3-5-9(6-8)7-10;1-2/h2-19H,1H3;3-6H,2H2,1H3;1-2H3. The summed E-state index contributed by atoms with van der Waals surface area (Å²) in [6.07, 6.45) is 0.996. The molecule has 0 heterocycles. The van der Waals surface area contributed by atoms with E-state index in [-0.39, 0.29) is 0 Å². The Balaban J connectivity index is 0.000000280. The quantitative estimate of drug-likeness (QED) is 0.242. The second-order valence-corrected chi connectivity index (χ2v) is 8.59. The van der Waals surface area contributed by atoms with Crippen LogP contribution in [0.25, 0.3) is 11.1 Å². The van der Waals surface area contributed by atoms with E-state index in [2.05, 4.69) is 128 Å². The first kappa shape index (κ1) is 28.0. The maximum atomic E-state index is 8.51. The van der Waals surface area contributed by atoms with E-state index >= 15 is 0 Å². The van der Waals surface area contributed by atoms with Gasteiger partial charge in [-0.15, -0.1) is 0 Å². The molecule has 5 aromatic carbocycles. The number of nitrogens with zero attached hydrogens (tertiary/aromatic N) is 2. The van der Waals surface area contributed by atoms with Gasteiger partial charge in [0, 0.05) is 17.1 Å². The van der Waals surface area contributed by atoms with Crippen LogP contribution in [0.15, 0.2) is 133 Å². The lowest BCUT2D eigenvalue weighted by Crippen LogP contribution is -2.09.